The Morgan fingerprint density at radius 3 is 2.75 bits per heavy atom. The molecule has 1 aromatic heterocycles. The zero-order valence-corrected chi connectivity index (χ0v) is 12.6. The van der Waals surface area contributed by atoms with E-state index < -0.39 is 0 Å². The number of fused-ring (bicyclic) bond motifs is 1. The smallest absolute Gasteiger partial charge is 0.211 e. The quantitative estimate of drug-likeness (QED) is 0.880. The number of hydrogen-bond acceptors (Lipinski definition) is 4. The molecule has 0 saturated carbocycles. The minimum absolute atomic E-state index is 0.122. The van der Waals surface area contributed by atoms with Gasteiger partial charge in [0, 0.05) is 15.5 Å². The van der Waals surface area contributed by atoms with E-state index in [9.17, 15) is 4.79 Å². The summed E-state index contributed by atoms with van der Waals surface area (Å²) in [5.74, 6) is 0.738. The maximum absolute atomic E-state index is 12.7. The summed E-state index contributed by atoms with van der Waals surface area (Å²) in [6, 6.07) is 5.70. The summed E-state index contributed by atoms with van der Waals surface area (Å²) in [5, 5.41) is 2.76. The molecular formula is C15H19N2O2S+. The summed E-state index contributed by atoms with van der Waals surface area (Å²) < 4.78 is 6.24. The molecule has 3 rings (SSSR count). The van der Waals surface area contributed by atoms with E-state index in [-0.39, 0.29) is 5.43 Å². The molecule has 4 nitrogen and oxygen atoms in total. The highest BCUT2D eigenvalue weighted by atomic mass is 32.1. The third kappa shape index (κ3) is 2.39. The summed E-state index contributed by atoms with van der Waals surface area (Å²) in [6.45, 7) is 4.06. The van der Waals surface area contributed by atoms with Crippen LogP contribution in [-0.2, 0) is 0 Å². The molecule has 20 heavy (non-hydrogen) atoms. The van der Waals surface area contributed by atoms with Crippen LogP contribution in [0.4, 0.5) is 5.69 Å². The zero-order chi connectivity index (χ0) is 14.1. The van der Waals surface area contributed by atoms with Crippen LogP contribution in [0.3, 0.4) is 0 Å². The predicted molar refractivity (Wildman–Crippen MR) is 83.5 cm³/mol. The topological polar surface area (TPSA) is 34.0 Å². The van der Waals surface area contributed by atoms with Crippen LogP contribution < -0.4 is 20.0 Å². The van der Waals surface area contributed by atoms with Crippen molar-refractivity contribution in [1.82, 2.24) is 0 Å². The third-order valence-electron chi connectivity index (χ3n) is 3.92. The second-order valence-electron chi connectivity index (χ2n) is 5.26. The van der Waals surface area contributed by atoms with E-state index in [1.54, 1.807) is 18.4 Å². The summed E-state index contributed by atoms with van der Waals surface area (Å²) in [6.07, 6.45) is 0. The molecular weight excluding hydrogens is 272 g/mol. The van der Waals surface area contributed by atoms with Gasteiger partial charge >= 0.3 is 0 Å². The Balaban J connectivity index is 2.04. The number of rotatable bonds is 2. The molecule has 2 heterocycles. The van der Waals surface area contributed by atoms with Crippen LogP contribution >= 0.6 is 11.3 Å². The Labute approximate surface area is 122 Å². The molecule has 0 radical (unpaired) electrons. The number of hydrogen-bond donors (Lipinski definition) is 1. The van der Waals surface area contributed by atoms with Gasteiger partial charge in [-0.15, -0.1) is 11.3 Å². The van der Waals surface area contributed by atoms with Crippen LogP contribution in [0.25, 0.3) is 10.1 Å². The molecule has 0 spiro atoms. The Morgan fingerprint density at radius 1 is 1.30 bits per heavy atom. The van der Waals surface area contributed by atoms with Gasteiger partial charge in [0.1, 0.15) is 5.75 Å². The Bertz CT molecular complexity index is 675. The first-order valence-electron chi connectivity index (χ1n) is 6.85. The molecule has 0 amide bonds. The molecule has 0 atom stereocenters. The lowest BCUT2D eigenvalue weighted by atomic mass is 10.2. The fourth-order valence-electron chi connectivity index (χ4n) is 2.57. The minimum Gasteiger partial charge on any atom is -0.497 e. The number of likely N-dealkylation sites (N-methyl/N-ethyl adjacent to an activating group) is 1. The van der Waals surface area contributed by atoms with Gasteiger partial charge in [-0.1, -0.05) is 0 Å². The molecule has 1 aliphatic rings. The van der Waals surface area contributed by atoms with Gasteiger partial charge in [-0.2, -0.15) is 0 Å². The SMILES string of the molecule is COc1ccc2scc(N3CC[NH+](C)CC3)c(=O)c2c1. The van der Waals surface area contributed by atoms with Crippen molar-refractivity contribution >= 4 is 27.1 Å². The van der Waals surface area contributed by atoms with Gasteiger partial charge in [-0.25, -0.2) is 0 Å². The van der Waals surface area contributed by atoms with Crippen molar-refractivity contribution in [3.8, 4) is 5.75 Å². The van der Waals surface area contributed by atoms with Crippen LogP contribution in [0.15, 0.2) is 28.4 Å². The van der Waals surface area contributed by atoms with Crippen molar-refractivity contribution in [3.05, 3.63) is 33.8 Å². The average Bonchev–Trinajstić information content (AvgIpc) is 2.49. The number of methoxy groups -OCH3 is 1. The van der Waals surface area contributed by atoms with Crippen molar-refractivity contribution in [2.45, 2.75) is 0 Å². The first-order valence-corrected chi connectivity index (χ1v) is 7.73. The van der Waals surface area contributed by atoms with Gasteiger partial charge < -0.3 is 14.5 Å². The van der Waals surface area contributed by atoms with Crippen LogP contribution in [0.5, 0.6) is 5.75 Å². The highest BCUT2D eigenvalue weighted by molar-refractivity contribution is 7.16. The normalized spacial score (nSPS) is 16.6. The molecule has 2 aromatic rings. The van der Waals surface area contributed by atoms with E-state index in [2.05, 4.69) is 11.9 Å². The van der Waals surface area contributed by atoms with Gasteiger partial charge in [0.25, 0.3) is 0 Å². The van der Waals surface area contributed by atoms with E-state index in [4.69, 9.17) is 4.74 Å². The number of benzene rings is 1. The highest BCUT2D eigenvalue weighted by Gasteiger charge is 2.20. The van der Waals surface area contributed by atoms with Crippen molar-refractivity contribution in [1.29, 1.82) is 0 Å². The fourth-order valence-corrected chi connectivity index (χ4v) is 3.49. The van der Waals surface area contributed by atoms with Gasteiger partial charge in [-0.05, 0) is 18.2 Å². The van der Waals surface area contributed by atoms with Crippen LogP contribution in [0.1, 0.15) is 0 Å². The van der Waals surface area contributed by atoms with Crippen molar-refractivity contribution in [2.75, 3.05) is 45.2 Å². The first-order chi connectivity index (χ1) is 9.69. The van der Waals surface area contributed by atoms with Gasteiger partial charge in [0.05, 0.1) is 46.0 Å². The lowest BCUT2D eigenvalue weighted by Gasteiger charge is -2.31. The Kier molecular flexibility index (Phi) is 3.63. The molecule has 5 heteroatoms. The first kappa shape index (κ1) is 13.4. The summed E-state index contributed by atoms with van der Waals surface area (Å²) >= 11 is 1.63. The predicted octanol–water partition coefficient (Wildman–Crippen LogP) is 0.605. The zero-order valence-electron chi connectivity index (χ0n) is 11.8. The lowest BCUT2D eigenvalue weighted by molar-refractivity contribution is -0.880. The summed E-state index contributed by atoms with van der Waals surface area (Å²) in [7, 11) is 3.82. The highest BCUT2D eigenvalue weighted by Crippen LogP contribution is 2.24. The maximum atomic E-state index is 12.7. The number of quaternary nitrogens is 1. The van der Waals surface area contributed by atoms with Crippen LogP contribution in [0.2, 0.25) is 0 Å². The van der Waals surface area contributed by atoms with E-state index in [1.165, 1.54) is 4.90 Å². The second kappa shape index (κ2) is 5.42. The third-order valence-corrected chi connectivity index (χ3v) is 4.87. The van der Waals surface area contributed by atoms with Crippen LogP contribution in [-0.4, -0.2) is 40.3 Å². The van der Waals surface area contributed by atoms with Gasteiger partial charge in [0.2, 0.25) is 5.43 Å². The van der Waals surface area contributed by atoms with E-state index in [1.807, 2.05) is 23.6 Å². The molecule has 1 aliphatic heterocycles. The average molecular weight is 291 g/mol. The number of nitrogens with zero attached hydrogens (tertiary/aromatic N) is 1. The molecule has 0 unspecified atom stereocenters. The molecule has 1 fully saturated rings. The minimum atomic E-state index is 0.122. The van der Waals surface area contributed by atoms with E-state index in [0.717, 1.165) is 47.7 Å². The van der Waals surface area contributed by atoms with E-state index in [0.29, 0.717) is 0 Å². The molecule has 0 bridgehead atoms. The Hall–Kier alpha value is -1.59. The number of ether oxygens (including phenoxy) is 1. The molecule has 0 aliphatic carbocycles. The summed E-state index contributed by atoms with van der Waals surface area (Å²) in [5.41, 5.74) is 0.959. The maximum Gasteiger partial charge on any atom is 0.211 e. The number of piperazine rings is 1. The molecule has 106 valence electrons. The lowest BCUT2D eigenvalue weighted by Crippen LogP contribution is -3.12. The molecule has 1 saturated heterocycles. The van der Waals surface area contributed by atoms with Crippen molar-refractivity contribution in [3.63, 3.8) is 0 Å². The van der Waals surface area contributed by atoms with Crippen molar-refractivity contribution < 1.29 is 9.64 Å². The molecule has 1 aromatic carbocycles. The second-order valence-corrected chi connectivity index (χ2v) is 6.17. The summed E-state index contributed by atoms with van der Waals surface area (Å²) in [4.78, 5) is 16.4. The van der Waals surface area contributed by atoms with Crippen molar-refractivity contribution in [2.24, 2.45) is 0 Å². The number of nitrogens with one attached hydrogen (secondary N) is 1. The van der Waals surface area contributed by atoms with Gasteiger partial charge in [0.15, 0.2) is 0 Å². The standard InChI is InChI=1S/C15H18N2O2S/c1-16-5-7-17(8-6-16)13-10-20-14-4-3-11(19-2)9-12(14)15(13)18/h3-4,9-10H,5-8H2,1-2H3/p+1. The molecule has 1 N–H and O–H groups in total. The largest absolute Gasteiger partial charge is 0.497 e. The Morgan fingerprint density at radius 2 is 2.05 bits per heavy atom. The monoisotopic (exact) mass is 291 g/mol. The number of anilines is 1. The van der Waals surface area contributed by atoms with Gasteiger partial charge in [-0.3, -0.25) is 4.79 Å². The fraction of sp³-hybridized carbons (Fsp3) is 0.400. The van der Waals surface area contributed by atoms with E-state index >= 15 is 0 Å². The van der Waals surface area contributed by atoms with Crippen LogP contribution in [0, 0.1) is 0 Å².